The van der Waals surface area contributed by atoms with Crippen molar-refractivity contribution in [3.63, 3.8) is 0 Å². The van der Waals surface area contributed by atoms with Crippen molar-refractivity contribution in [2.24, 2.45) is 4.99 Å². The summed E-state index contributed by atoms with van der Waals surface area (Å²) in [6.45, 7) is 8.57. The van der Waals surface area contributed by atoms with Gasteiger partial charge in [-0.05, 0) is 39.3 Å². The van der Waals surface area contributed by atoms with Gasteiger partial charge in [-0.2, -0.15) is 0 Å². The molecule has 27 heavy (non-hydrogen) atoms. The summed E-state index contributed by atoms with van der Waals surface area (Å²) in [5.74, 6) is 1.64. The number of hydrogen-bond acceptors (Lipinski definition) is 5. The van der Waals surface area contributed by atoms with E-state index in [-0.39, 0.29) is 24.0 Å². The molecule has 0 saturated heterocycles. The van der Waals surface area contributed by atoms with Crippen LogP contribution in [0.2, 0.25) is 0 Å². The summed E-state index contributed by atoms with van der Waals surface area (Å²) < 4.78 is 15.5. The number of furan rings is 1. The predicted octanol–water partition coefficient (Wildman–Crippen LogP) is 2.54. The third kappa shape index (κ3) is 14.3. The third-order valence-electron chi connectivity index (χ3n) is 3.12. The second-order valence-corrected chi connectivity index (χ2v) is 6.69. The minimum atomic E-state index is -0.488. The Morgan fingerprint density at radius 3 is 2.56 bits per heavy atom. The van der Waals surface area contributed by atoms with E-state index in [0.717, 1.165) is 12.2 Å². The number of rotatable bonds is 10. The summed E-state index contributed by atoms with van der Waals surface area (Å²) in [5.41, 5.74) is -0.488. The van der Waals surface area contributed by atoms with E-state index in [9.17, 15) is 4.79 Å². The fourth-order valence-electron chi connectivity index (χ4n) is 1.98. The first kappa shape index (κ1) is 25.5. The van der Waals surface area contributed by atoms with Gasteiger partial charge in [0.1, 0.15) is 11.4 Å². The molecule has 156 valence electrons. The van der Waals surface area contributed by atoms with Gasteiger partial charge in [0.25, 0.3) is 0 Å². The van der Waals surface area contributed by atoms with Crippen molar-refractivity contribution in [1.82, 2.24) is 16.0 Å². The standard InChI is InChI=1S/C18H32N4O4.HI/c1-18(2,3)26-17(23)22-10-6-9-19-16(21-12-14-24-4)20-11-8-15-7-5-13-25-15;/h5,7,13H,6,8-12,14H2,1-4H3,(H,22,23)(H2,19,20,21);1H. The van der Waals surface area contributed by atoms with Crippen LogP contribution in [-0.4, -0.2) is 57.5 Å². The maximum absolute atomic E-state index is 11.6. The van der Waals surface area contributed by atoms with Crippen LogP contribution in [0.1, 0.15) is 33.0 Å². The van der Waals surface area contributed by atoms with Crippen LogP contribution in [0.5, 0.6) is 0 Å². The molecular formula is C18H33IN4O4. The number of alkyl carbamates (subject to hydrolysis) is 1. The highest BCUT2D eigenvalue weighted by Gasteiger charge is 2.15. The first-order chi connectivity index (χ1) is 12.4. The summed E-state index contributed by atoms with van der Waals surface area (Å²) >= 11 is 0. The number of nitrogens with zero attached hydrogens (tertiary/aromatic N) is 1. The van der Waals surface area contributed by atoms with Gasteiger partial charge >= 0.3 is 6.09 Å². The van der Waals surface area contributed by atoms with Gasteiger partial charge in [0.05, 0.1) is 12.9 Å². The largest absolute Gasteiger partial charge is 0.469 e. The second-order valence-electron chi connectivity index (χ2n) is 6.69. The molecular weight excluding hydrogens is 463 g/mol. The Bertz CT molecular complexity index is 530. The maximum atomic E-state index is 11.6. The van der Waals surface area contributed by atoms with E-state index in [4.69, 9.17) is 13.9 Å². The quantitative estimate of drug-likeness (QED) is 0.200. The maximum Gasteiger partial charge on any atom is 0.407 e. The molecule has 0 fully saturated rings. The topological polar surface area (TPSA) is 97.1 Å². The lowest BCUT2D eigenvalue weighted by atomic mass is 10.2. The van der Waals surface area contributed by atoms with Crippen LogP contribution in [0, 0.1) is 0 Å². The molecule has 0 aromatic carbocycles. The molecule has 0 aliphatic heterocycles. The summed E-state index contributed by atoms with van der Waals surface area (Å²) in [6, 6.07) is 3.82. The minimum Gasteiger partial charge on any atom is -0.469 e. The van der Waals surface area contributed by atoms with Gasteiger partial charge in [0.15, 0.2) is 5.96 Å². The molecule has 9 heteroatoms. The molecule has 3 N–H and O–H groups in total. The van der Waals surface area contributed by atoms with Gasteiger partial charge in [-0.15, -0.1) is 24.0 Å². The number of nitrogens with one attached hydrogen (secondary N) is 3. The molecule has 1 aromatic rings. The zero-order valence-corrected chi connectivity index (χ0v) is 19.0. The van der Waals surface area contributed by atoms with E-state index in [2.05, 4.69) is 20.9 Å². The van der Waals surface area contributed by atoms with Crippen molar-refractivity contribution in [1.29, 1.82) is 0 Å². The molecule has 8 nitrogen and oxygen atoms in total. The van der Waals surface area contributed by atoms with Crippen molar-refractivity contribution < 1.29 is 18.7 Å². The Kier molecular flexibility index (Phi) is 13.8. The van der Waals surface area contributed by atoms with Crippen LogP contribution in [0.25, 0.3) is 0 Å². The lowest BCUT2D eigenvalue weighted by molar-refractivity contribution is 0.0527. The molecule has 1 aromatic heterocycles. The van der Waals surface area contributed by atoms with Crippen LogP contribution in [0.4, 0.5) is 4.79 Å². The monoisotopic (exact) mass is 496 g/mol. The molecule has 0 bridgehead atoms. The van der Waals surface area contributed by atoms with Gasteiger partial charge in [0.2, 0.25) is 0 Å². The number of carbonyl (C=O) groups is 1. The van der Waals surface area contributed by atoms with Crippen LogP contribution >= 0.6 is 24.0 Å². The van der Waals surface area contributed by atoms with E-state index in [0.29, 0.717) is 45.2 Å². The highest BCUT2D eigenvalue weighted by atomic mass is 127. The third-order valence-corrected chi connectivity index (χ3v) is 3.12. The number of aliphatic imine (C=N–C) groups is 1. The molecule has 1 amide bonds. The van der Waals surface area contributed by atoms with Gasteiger partial charge < -0.3 is 29.8 Å². The predicted molar refractivity (Wildman–Crippen MR) is 117 cm³/mol. The summed E-state index contributed by atoms with van der Waals surface area (Å²) in [5, 5.41) is 9.19. The van der Waals surface area contributed by atoms with E-state index in [1.54, 1.807) is 13.4 Å². The van der Waals surface area contributed by atoms with Crippen molar-refractivity contribution in [2.75, 3.05) is 39.9 Å². The number of guanidine groups is 1. The minimum absolute atomic E-state index is 0. The molecule has 0 aliphatic rings. The SMILES string of the molecule is COCCNC(=NCCCNC(=O)OC(C)(C)C)NCCc1ccco1.I. The molecule has 0 spiro atoms. The van der Waals surface area contributed by atoms with E-state index >= 15 is 0 Å². The van der Waals surface area contributed by atoms with Gasteiger partial charge in [-0.25, -0.2) is 4.79 Å². The molecule has 1 heterocycles. The van der Waals surface area contributed by atoms with Crippen LogP contribution in [0.3, 0.4) is 0 Å². The number of ether oxygens (including phenoxy) is 2. The average molecular weight is 496 g/mol. The zero-order valence-electron chi connectivity index (χ0n) is 16.7. The average Bonchev–Trinajstić information content (AvgIpc) is 3.06. The number of carbonyl (C=O) groups excluding carboxylic acids is 1. The van der Waals surface area contributed by atoms with Crippen molar-refractivity contribution >= 4 is 36.0 Å². The van der Waals surface area contributed by atoms with Crippen LogP contribution in [0.15, 0.2) is 27.8 Å². The first-order valence-corrected chi connectivity index (χ1v) is 8.91. The smallest absolute Gasteiger partial charge is 0.407 e. The fraction of sp³-hybridized carbons (Fsp3) is 0.667. The van der Waals surface area contributed by atoms with E-state index < -0.39 is 11.7 Å². The number of hydrogen-bond donors (Lipinski definition) is 3. The lowest BCUT2D eigenvalue weighted by Gasteiger charge is -2.19. The Morgan fingerprint density at radius 2 is 1.93 bits per heavy atom. The molecule has 1 rings (SSSR count). The molecule has 0 saturated carbocycles. The van der Waals surface area contributed by atoms with Crippen LogP contribution in [-0.2, 0) is 15.9 Å². The number of halogens is 1. The molecule has 0 aliphatic carbocycles. The highest BCUT2D eigenvalue weighted by molar-refractivity contribution is 14.0. The van der Waals surface area contributed by atoms with Crippen LogP contribution < -0.4 is 16.0 Å². The Labute approximate surface area is 178 Å². The van der Waals surface area contributed by atoms with Gasteiger partial charge in [0, 0.05) is 39.7 Å². The normalized spacial score (nSPS) is 11.5. The second kappa shape index (κ2) is 14.6. The summed E-state index contributed by atoms with van der Waals surface area (Å²) in [7, 11) is 1.66. The Balaban J connectivity index is 0.00000676. The van der Waals surface area contributed by atoms with E-state index in [1.165, 1.54) is 0 Å². The molecule has 0 radical (unpaired) electrons. The van der Waals surface area contributed by atoms with Gasteiger partial charge in [-0.1, -0.05) is 0 Å². The Morgan fingerprint density at radius 1 is 1.19 bits per heavy atom. The number of methoxy groups -OCH3 is 1. The highest BCUT2D eigenvalue weighted by Crippen LogP contribution is 2.06. The first-order valence-electron chi connectivity index (χ1n) is 8.91. The number of amides is 1. The summed E-state index contributed by atoms with van der Waals surface area (Å²) in [4.78, 5) is 16.1. The van der Waals surface area contributed by atoms with Crippen molar-refractivity contribution in [3.05, 3.63) is 24.2 Å². The molecule has 0 unspecified atom stereocenters. The van der Waals surface area contributed by atoms with Crippen molar-refractivity contribution in [2.45, 2.75) is 39.2 Å². The van der Waals surface area contributed by atoms with Gasteiger partial charge in [-0.3, -0.25) is 4.99 Å². The van der Waals surface area contributed by atoms with E-state index in [1.807, 2.05) is 32.9 Å². The Hall–Kier alpha value is -1.49. The fourth-order valence-corrected chi connectivity index (χ4v) is 1.98. The summed E-state index contributed by atoms with van der Waals surface area (Å²) in [6.07, 6.45) is 2.75. The lowest BCUT2D eigenvalue weighted by Crippen LogP contribution is -2.40. The zero-order chi connectivity index (χ0) is 19.3. The van der Waals surface area contributed by atoms with Crippen molar-refractivity contribution in [3.8, 4) is 0 Å². The molecule has 0 atom stereocenters.